The second-order valence-electron chi connectivity index (χ2n) is 4.84. The van der Waals surface area contributed by atoms with Crippen LogP contribution in [0.4, 0.5) is 5.82 Å². The summed E-state index contributed by atoms with van der Waals surface area (Å²) in [5, 5.41) is 0. The molecule has 0 radical (unpaired) electrons. The van der Waals surface area contributed by atoms with Gasteiger partial charge in [-0.25, -0.2) is 9.97 Å². The summed E-state index contributed by atoms with van der Waals surface area (Å²) >= 11 is 2.24. The number of para-hydroxylation sites is 1. The Labute approximate surface area is 131 Å². The summed E-state index contributed by atoms with van der Waals surface area (Å²) in [5.41, 5.74) is 8.03. The van der Waals surface area contributed by atoms with Crippen LogP contribution >= 0.6 is 22.6 Å². The number of ether oxygens (including phenoxy) is 1. The van der Waals surface area contributed by atoms with Gasteiger partial charge in [0.1, 0.15) is 11.6 Å². The van der Waals surface area contributed by atoms with Crippen molar-refractivity contribution in [2.24, 2.45) is 0 Å². The second kappa shape index (κ2) is 5.55. The van der Waals surface area contributed by atoms with Crippen LogP contribution in [0.15, 0.2) is 24.3 Å². The van der Waals surface area contributed by atoms with Crippen LogP contribution in [0.2, 0.25) is 0 Å². The van der Waals surface area contributed by atoms with Gasteiger partial charge in [-0.3, -0.25) is 0 Å². The zero-order valence-corrected chi connectivity index (χ0v) is 13.4. The number of hydrogen-bond donors (Lipinski definition) is 1. The van der Waals surface area contributed by atoms with E-state index in [0.717, 1.165) is 20.6 Å². The molecule has 4 nitrogen and oxygen atoms in total. The molecule has 2 N–H and O–H groups in total. The van der Waals surface area contributed by atoms with Crippen molar-refractivity contribution in [3.8, 4) is 17.1 Å². The van der Waals surface area contributed by atoms with E-state index < -0.39 is 0 Å². The van der Waals surface area contributed by atoms with Gasteiger partial charge in [0.05, 0.1) is 21.4 Å². The second-order valence-corrected chi connectivity index (χ2v) is 5.91. The molecule has 0 saturated heterocycles. The Hall–Kier alpha value is -1.37. The molecule has 20 heavy (non-hydrogen) atoms. The van der Waals surface area contributed by atoms with Gasteiger partial charge in [0.15, 0.2) is 5.82 Å². The largest absolute Gasteiger partial charge is 0.493 e. The fraction of sp³-hybridized carbons (Fsp3) is 0.333. The van der Waals surface area contributed by atoms with Gasteiger partial charge in [0.25, 0.3) is 0 Å². The number of halogens is 1. The van der Waals surface area contributed by atoms with Crippen LogP contribution in [-0.4, -0.2) is 16.6 Å². The summed E-state index contributed by atoms with van der Waals surface area (Å²) in [5.74, 6) is 2.57. The van der Waals surface area contributed by atoms with E-state index in [4.69, 9.17) is 15.5 Å². The van der Waals surface area contributed by atoms with E-state index >= 15 is 0 Å². The summed E-state index contributed by atoms with van der Waals surface area (Å²) < 4.78 is 6.64. The Morgan fingerprint density at radius 3 is 2.75 bits per heavy atom. The van der Waals surface area contributed by atoms with E-state index in [0.29, 0.717) is 24.2 Å². The number of nitrogen functional groups attached to an aromatic ring is 1. The highest BCUT2D eigenvalue weighted by atomic mass is 127. The minimum atomic E-state index is 0.546. The first kappa shape index (κ1) is 13.6. The highest BCUT2D eigenvalue weighted by Crippen LogP contribution is 2.43. The van der Waals surface area contributed by atoms with Crippen molar-refractivity contribution in [1.29, 1.82) is 0 Å². The molecule has 3 rings (SSSR count). The minimum Gasteiger partial charge on any atom is -0.493 e. The first-order valence-electron chi connectivity index (χ1n) is 6.75. The van der Waals surface area contributed by atoms with Crippen LogP contribution in [0.1, 0.15) is 31.4 Å². The molecule has 104 valence electrons. The Morgan fingerprint density at radius 2 is 2.05 bits per heavy atom. The lowest BCUT2D eigenvalue weighted by atomic mass is 10.1. The molecule has 0 bridgehead atoms. The van der Waals surface area contributed by atoms with Crippen molar-refractivity contribution in [3.63, 3.8) is 0 Å². The van der Waals surface area contributed by atoms with Gasteiger partial charge < -0.3 is 10.5 Å². The Kier molecular flexibility index (Phi) is 3.78. The monoisotopic (exact) mass is 381 g/mol. The first-order chi connectivity index (χ1) is 9.70. The van der Waals surface area contributed by atoms with Crippen LogP contribution in [0, 0.1) is 3.57 Å². The van der Waals surface area contributed by atoms with Gasteiger partial charge in [0, 0.05) is 5.92 Å². The highest BCUT2D eigenvalue weighted by molar-refractivity contribution is 14.1. The van der Waals surface area contributed by atoms with E-state index in [1.165, 1.54) is 12.8 Å². The Morgan fingerprint density at radius 1 is 1.30 bits per heavy atom. The third-order valence-corrected chi connectivity index (χ3v) is 4.40. The molecule has 0 unspecified atom stereocenters. The smallest absolute Gasteiger partial charge is 0.165 e. The van der Waals surface area contributed by atoms with Crippen LogP contribution in [0.5, 0.6) is 5.75 Å². The van der Waals surface area contributed by atoms with Crippen molar-refractivity contribution >= 4 is 28.4 Å². The lowest BCUT2D eigenvalue weighted by Gasteiger charge is -2.12. The summed E-state index contributed by atoms with van der Waals surface area (Å²) in [6.07, 6.45) is 2.39. The predicted octanol–water partition coefficient (Wildman–Crippen LogP) is 3.61. The molecule has 1 heterocycles. The van der Waals surface area contributed by atoms with Gasteiger partial charge in [-0.2, -0.15) is 0 Å². The van der Waals surface area contributed by atoms with Crippen molar-refractivity contribution in [2.75, 3.05) is 12.3 Å². The molecule has 1 aliphatic carbocycles. The zero-order valence-electron chi connectivity index (χ0n) is 11.3. The number of aromatic nitrogens is 2. The molecule has 0 aliphatic heterocycles. The minimum absolute atomic E-state index is 0.546. The molecule has 1 saturated carbocycles. The van der Waals surface area contributed by atoms with Gasteiger partial charge in [0.2, 0.25) is 0 Å². The van der Waals surface area contributed by atoms with Crippen molar-refractivity contribution in [2.45, 2.75) is 25.7 Å². The molecule has 2 aromatic rings. The predicted molar refractivity (Wildman–Crippen MR) is 87.7 cm³/mol. The van der Waals surface area contributed by atoms with Crippen LogP contribution in [-0.2, 0) is 0 Å². The van der Waals surface area contributed by atoms with E-state index in [9.17, 15) is 0 Å². The van der Waals surface area contributed by atoms with Crippen LogP contribution in [0.3, 0.4) is 0 Å². The van der Waals surface area contributed by atoms with Gasteiger partial charge in [-0.05, 0) is 54.5 Å². The lowest BCUT2D eigenvalue weighted by molar-refractivity contribution is 0.341. The fourth-order valence-electron chi connectivity index (χ4n) is 2.16. The van der Waals surface area contributed by atoms with Gasteiger partial charge in [-0.1, -0.05) is 12.1 Å². The third kappa shape index (κ3) is 2.59. The summed E-state index contributed by atoms with van der Waals surface area (Å²) in [6, 6.07) is 7.83. The normalized spacial score (nSPS) is 14.3. The number of nitrogens with zero attached hydrogens (tertiary/aromatic N) is 2. The zero-order chi connectivity index (χ0) is 14.1. The Bertz CT molecular complexity index is 641. The Balaban J connectivity index is 2.10. The third-order valence-electron chi connectivity index (χ3n) is 3.29. The number of rotatable bonds is 4. The van der Waals surface area contributed by atoms with Gasteiger partial charge in [-0.15, -0.1) is 0 Å². The van der Waals surface area contributed by atoms with Crippen molar-refractivity contribution < 1.29 is 4.74 Å². The molecule has 0 atom stereocenters. The first-order valence-corrected chi connectivity index (χ1v) is 7.83. The average molecular weight is 381 g/mol. The molecule has 0 amide bonds. The number of nitrogens with two attached hydrogens (primary N) is 1. The molecule has 1 aromatic heterocycles. The maximum Gasteiger partial charge on any atom is 0.165 e. The molecular weight excluding hydrogens is 365 g/mol. The molecule has 0 spiro atoms. The molecule has 1 aromatic carbocycles. The van der Waals surface area contributed by atoms with Crippen molar-refractivity contribution in [3.05, 3.63) is 33.5 Å². The average Bonchev–Trinajstić information content (AvgIpc) is 3.27. The maximum atomic E-state index is 6.05. The quantitative estimate of drug-likeness (QED) is 0.823. The van der Waals surface area contributed by atoms with Crippen LogP contribution in [0.25, 0.3) is 11.4 Å². The maximum absolute atomic E-state index is 6.05. The molecule has 1 fully saturated rings. The summed E-state index contributed by atoms with van der Waals surface area (Å²) in [4.78, 5) is 9.17. The van der Waals surface area contributed by atoms with E-state index in [2.05, 4.69) is 27.6 Å². The molecular formula is C15H16IN3O. The standard InChI is InChI=1S/C15H16IN3O/c1-2-20-11-6-4-3-5-10(11)15-18-13(9-7-8-9)12(16)14(17)19-15/h3-6,9H,2,7-8H2,1H3,(H2,17,18,19). The van der Waals surface area contributed by atoms with E-state index in [1.54, 1.807) is 0 Å². The number of anilines is 1. The highest BCUT2D eigenvalue weighted by Gasteiger charge is 2.29. The van der Waals surface area contributed by atoms with E-state index in [-0.39, 0.29) is 0 Å². The lowest BCUT2D eigenvalue weighted by Crippen LogP contribution is -2.05. The summed E-state index contributed by atoms with van der Waals surface area (Å²) in [7, 11) is 0. The van der Waals surface area contributed by atoms with E-state index in [1.807, 2.05) is 31.2 Å². The van der Waals surface area contributed by atoms with Crippen LogP contribution < -0.4 is 10.5 Å². The SMILES string of the molecule is CCOc1ccccc1-c1nc(N)c(I)c(C2CC2)n1. The van der Waals surface area contributed by atoms with Gasteiger partial charge >= 0.3 is 0 Å². The number of benzene rings is 1. The topological polar surface area (TPSA) is 61.0 Å². The number of hydrogen-bond acceptors (Lipinski definition) is 4. The molecule has 5 heteroatoms. The summed E-state index contributed by atoms with van der Waals surface area (Å²) in [6.45, 7) is 2.59. The fourth-order valence-corrected chi connectivity index (χ4v) is 2.84. The molecule has 1 aliphatic rings. The van der Waals surface area contributed by atoms with Crippen molar-refractivity contribution in [1.82, 2.24) is 9.97 Å².